The molecule has 15 heavy (non-hydrogen) atoms. The molecule has 1 aliphatic heterocycles. The summed E-state index contributed by atoms with van der Waals surface area (Å²) >= 11 is 0. The molecule has 0 saturated carbocycles. The number of rotatable bonds is 1. The third-order valence-electron chi connectivity index (χ3n) is 2.56. The first kappa shape index (κ1) is 10.2. The quantitative estimate of drug-likeness (QED) is 0.703. The maximum Gasteiger partial charge on any atom is 0.0725 e. The van der Waals surface area contributed by atoms with Crippen molar-refractivity contribution >= 4 is 0 Å². The minimum absolute atomic E-state index is 0.0190. The predicted molar refractivity (Wildman–Crippen MR) is 60.1 cm³/mol. The Hall–Kier alpha value is -1.30. The molecule has 0 fully saturated rings. The fraction of sp³-hybridized carbons (Fsp3) is 0.385. The first-order chi connectivity index (χ1) is 7.29. The Balaban J connectivity index is 2.19. The van der Waals surface area contributed by atoms with Crippen molar-refractivity contribution in [2.24, 2.45) is 5.73 Å². The standard InChI is InChI=1S/C13H15NO/c1-2-13(14)6-4-10-3-5-11-8-15-9-12(11)7-10/h3,5,7,13H,2,8-9,14H2,1H3. The molecule has 1 heterocycles. The van der Waals surface area contributed by atoms with E-state index in [9.17, 15) is 0 Å². The maximum absolute atomic E-state index is 5.74. The first-order valence-corrected chi connectivity index (χ1v) is 5.26. The van der Waals surface area contributed by atoms with Gasteiger partial charge in [0.1, 0.15) is 0 Å². The highest BCUT2D eigenvalue weighted by Crippen LogP contribution is 2.20. The van der Waals surface area contributed by atoms with E-state index < -0.39 is 0 Å². The highest BCUT2D eigenvalue weighted by Gasteiger charge is 2.10. The molecule has 0 aliphatic carbocycles. The van der Waals surface area contributed by atoms with Gasteiger partial charge >= 0.3 is 0 Å². The second kappa shape index (κ2) is 4.48. The number of ether oxygens (including phenoxy) is 1. The third-order valence-corrected chi connectivity index (χ3v) is 2.56. The Bertz CT molecular complexity index is 414. The van der Waals surface area contributed by atoms with Gasteiger partial charge in [0, 0.05) is 5.56 Å². The van der Waals surface area contributed by atoms with Crippen molar-refractivity contribution in [2.75, 3.05) is 0 Å². The maximum atomic E-state index is 5.74. The van der Waals surface area contributed by atoms with E-state index >= 15 is 0 Å². The summed E-state index contributed by atoms with van der Waals surface area (Å²) in [6.45, 7) is 3.48. The second-order valence-corrected chi connectivity index (χ2v) is 3.76. The topological polar surface area (TPSA) is 35.2 Å². The van der Waals surface area contributed by atoms with E-state index in [2.05, 4.69) is 24.0 Å². The molecule has 1 unspecified atom stereocenters. The molecule has 1 aromatic rings. The van der Waals surface area contributed by atoms with Gasteiger partial charge in [-0.25, -0.2) is 0 Å². The fourth-order valence-corrected chi connectivity index (χ4v) is 1.53. The van der Waals surface area contributed by atoms with Gasteiger partial charge in [-0.1, -0.05) is 24.8 Å². The van der Waals surface area contributed by atoms with Crippen molar-refractivity contribution in [2.45, 2.75) is 32.6 Å². The zero-order valence-corrected chi connectivity index (χ0v) is 8.92. The summed E-state index contributed by atoms with van der Waals surface area (Å²) < 4.78 is 5.34. The minimum Gasteiger partial charge on any atom is -0.372 e. The van der Waals surface area contributed by atoms with E-state index in [1.807, 2.05) is 13.0 Å². The lowest BCUT2D eigenvalue weighted by molar-refractivity contribution is 0.134. The summed E-state index contributed by atoms with van der Waals surface area (Å²) in [6.07, 6.45) is 0.890. The van der Waals surface area contributed by atoms with E-state index in [0.29, 0.717) is 6.61 Å². The molecule has 2 N–H and O–H groups in total. The van der Waals surface area contributed by atoms with Gasteiger partial charge in [0.2, 0.25) is 0 Å². The molecule has 0 aromatic heterocycles. The molecular formula is C13H15NO. The second-order valence-electron chi connectivity index (χ2n) is 3.76. The molecular weight excluding hydrogens is 186 g/mol. The molecule has 2 nitrogen and oxygen atoms in total. The highest BCUT2D eigenvalue weighted by molar-refractivity contribution is 5.42. The van der Waals surface area contributed by atoms with E-state index in [1.165, 1.54) is 11.1 Å². The molecule has 1 aromatic carbocycles. The Labute approximate surface area is 90.4 Å². The van der Waals surface area contributed by atoms with Crippen LogP contribution in [0.1, 0.15) is 30.0 Å². The van der Waals surface area contributed by atoms with Gasteiger partial charge in [-0.2, -0.15) is 0 Å². The number of nitrogens with two attached hydrogens (primary N) is 1. The number of benzene rings is 1. The van der Waals surface area contributed by atoms with Crippen molar-refractivity contribution in [3.8, 4) is 11.8 Å². The summed E-state index contributed by atoms with van der Waals surface area (Å²) in [6, 6.07) is 6.19. The number of hydrogen-bond donors (Lipinski definition) is 1. The normalized spacial score (nSPS) is 15.3. The van der Waals surface area contributed by atoms with Gasteiger partial charge in [0.15, 0.2) is 0 Å². The first-order valence-electron chi connectivity index (χ1n) is 5.26. The molecule has 2 rings (SSSR count). The molecule has 1 atom stereocenters. The van der Waals surface area contributed by atoms with Gasteiger partial charge in [-0.15, -0.1) is 0 Å². The SMILES string of the molecule is CCC(N)C#Cc1ccc2c(c1)COC2. The van der Waals surface area contributed by atoms with Crippen LogP contribution in [0.25, 0.3) is 0 Å². The van der Waals surface area contributed by atoms with Crippen LogP contribution < -0.4 is 5.73 Å². The number of hydrogen-bond acceptors (Lipinski definition) is 2. The average molecular weight is 201 g/mol. The molecule has 0 radical (unpaired) electrons. The zero-order chi connectivity index (χ0) is 10.7. The molecule has 0 spiro atoms. The third kappa shape index (κ3) is 2.38. The van der Waals surface area contributed by atoms with E-state index in [1.54, 1.807) is 0 Å². The molecule has 2 heteroatoms. The molecule has 1 aliphatic rings. The lowest BCUT2D eigenvalue weighted by Crippen LogP contribution is -2.15. The van der Waals surface area contributed by atoms with Crippen molar-refractivity contribution in [3.63, 3.8) is 0 Å². The van der Waals surface area contributed by atoms with Gasteiger partial charge in [-0.05, 0) is 29.7 Å². The average Bonchev–Trinajstić information content (AvgIpc) is 2.72. The van der Waals surface area contributed by atoms with Gasteiger partial charge < -0.3 is 10.5 Å². The van der Waals surface area contributed by atoms with Crippen molar-refractivity contribution in [1.82, 2.24) is 0 Å². The lowest BCUT2D eigenvalue weighted by atomic mass is 10.1. The fourth-order valence-electron chi connectivity index (χ4n) is 1.53. The van der Waals surface area contributed by atoms with Crippen LogP contribution in [0.15, 0.2) is 18.2 Å². The summed E-state index contributed by atoms with van der Waals surface area (Å²) in [5.41, 5.74) is 9.30. The Morgan fingerprint density at radius 3 is 3.00 bits per heavy atom. The van der Waals surface area contributed by atoms with E-state index in [-0.39, 0.29) is 6.04 Å². The Kier molecular flexibility index (Phi) is 3.05. The molecule has 0 amide bonds. The summed E-state index contributed by atoms with van der Waals surface area (Å²) in [7, 11) is 0. The van der Waals surface area contributed by atoms with Crippen LogP contribution in [0.2, 0.25) is 0 Å². The smallest absolute Gasteiger partial charge is 0.0725 e. The van der Waals surface area contributed by atoms with Crippen LogP contribution in [-0.2, 0) is 18.0 Å². The van der Waals surface area contributed by atoms with Crippen LogP contribution in [0.4, 0.5) is 0 Å². The Morgan fingerprint density at radius 2 is 2.20 bits per heavy atom. The van der Waals surface area contributed by atoms with Crippen LogP contribution in [0.5, 0.6) is 0 Å². The van der Waals surface area contributed by atoms with Crippen LogP contribution in [0, 0.1) is 11.8 Å². The Morgan fingerprint density at radius 1 is 1.40 bits per heavy atom. The summed E-state index contributed by atoms with van der Waals surface area (Å²) in [5.74, 6) is 6.12. The molecule has 78 valence electrons. The minimum atomic E-state index is -0.0190. The van der Waals surface area contributed by atoms with Crippen molar-refractivity contribution in [1.29, 1.82) is 0 Å². The summed E-state index contributed by atoms with van der Waals surface area (Å²) in [5, 5.41) is 0. The predicted octanol–water partition coefficient (Wildman–Crippen LogP) is 1.81. The molecule has 0 bridgehead atoms. The van der Waals surface area contributed by atoms with Crippen LogP contribution >= 0.6 is 0 Å². The van der Waals surface area contributed by atoms with Crippen LogP contribution in [-0.4, -0.2) is 6.04 Å². The largest absolute Gasteiger partial charge is 0.372 e. The van der Waals surface area contributed by atoms with Gasteiger partial charge in [0.05, 0.1) is 19.3 Å². The van der Waals surface area contributed by atoms with E-state index in [4.69, 9.17) is 10.5 Å². The summed E-state index contributed by atoms with van der Waals surface area (Å²) in [4.78, 5) is 0. The van der Waals surface area contributed by atoms with Crippen molar-refractivity contribution in [3.05, 3.63) is 34.9 Å². The van der Waals surface area contributed by atoms with Gasteiger partial charge in [-0.3, -0.25) is 0 Å². The highest BCUT2D eigenvalue weighted by atomic mass is 16.5. The number of fused-ring (bicyclic) bond motifs is 1. The van der Waals surface area contributed by atoms with Crippen LogP contribution in [0.3, 0.4) is 0 Å². The lowest BCUT2D eigenvalue weighted by Gasteiger charge is -1.98. The monoisotopic (exact) mass is 201 g/mol. The van der Waals surface area contributed by atoms with Gasteiger partial charge in [0.25, 0.3) is 0 Å². The van der Waals surface area contributed by atoms with Crippen molar-refractivity contribution < 1.29 is 4.74 Å². The zero-order valence-electron chi connectivity index (χ0n) is 8.92. The molecule has 0 saturated heterocycles. The van der Waals surface area contributed by atoms with E-state index in [0.717, 1.165) is 18.6 Å².